The van der Waals surface area contributed by atoms with Crippen LogP contribution in [0.4, 0.5) is 11.4 Å². The van der Waals surface area contributed by atoms with Crippen LogP contribution >= 0.6 is 0 Å². The van der Waals surface area contributed by atoms with E-state index in [4.69, 9.17) is 4.74 Å². The van der Waals surface area contributed by atoms with Gasteiger partial charge in [-0.05, 0) is 36.2 Å². The van der Waals surface area contributed by atoms with Crippen molar-refractivity contribution in [2.24, 2.45) is 23.7 Å². The van der Waals surface area contributed by atoms with Crippen molar-refractivity contribution in [1.82, 2.24) is 0 Å². The van der Waals surface area contributed by atoms with Crippen molar-refractivity contribution in [2.75, 3.05) is 0 Å². The normalized spacial score (nSPS) is 33.7. The summed E-state index contributed by atoms with van der Waals surface area (Å²) in [6.07, 6.45) is 5.64. The largest absolute Gasteiger partial charge is 0.373 e. The summed E-state index contributed by atoms with van der Waals surface area (Å²) in [7, 11) is 0. The minimum atomic E-state index is -0.633. The molecule has 0 saturated heterocycles. The monoisotopic (exact) mass is 302 g/mol. The van der Waals surface area contributed by atoms with Crippen LogP contribution in [-0.4, -0.2) is 16.0 Å². The van der Waals surface area contributed by atoms with Gasteiger partial charge in [-0.3, -0.25) is 20.2 Å². The molecular weight excluding hydrogens is 288 g/mol. The first-order valence-corrected chi connectivity index (χ1v) is 7.28. The van der Waals surface area contributed by atoms with Crippen molar-refractivity contribution in [3.8, 4) is 0 Å². The fourth-order valence-corrected chi connectivity index (χ4v) is 3.98. The van der Waals surface area contributed by atoms with E-state index in [1.807, 2.05) is 0 Å². The maximum atomic E-state index is 11.1. The molecule has 7 heteroatoms. The number of nitro groups is 2. The quantitative estimate of drug-likeness (QED) is 0.473. The lowest BCUT2D eigenvalue weighted by Gasteiger charge is -2.65. The molecule has 1 aromatic rings. The lowest BCUT2D eigenvalue weighted by Crippen LogP contribution is -2.63. The summed E-state index contributed by atoms with van der Waals surface area (Å²) in [6.45, 7) is 0.128. The molecule has 0 heterocycles. The van der Waals surface area contributed by atoms with Crippen LogP contribution in [0.15, 0.2) is 30.4 Å². The molecule has 4 rings (SSSR count). The highest BCUT2D eigenvalue weighted by Crippen LogP contribution is 2.64. The zero-order valence-electron chi connectivity index (χ0n) is 11.6. The minimum absolute atomic E-state index is 0.128. The van der Waals surface area contributed by atoms with Crippen LogP contribution in [0.1, 0.15) is 12.0 Å². The first-order valence-electron chi connectivity index (χ1n) is 7.28. The number of benzene rings is 1. The Morgan fingerprint density at radius 1 is 1.14 bits per heavy atom. The van der Waals surface area contributed by atoms with Crippen LogP contribution in [0.3, 0.4) is 0 Å². The fraction of sp³-hybridized carbons (Fsp3) is 0.467. The van der Waals surface area contributed by atoms with E-state index in [1.165, 1.54) is 12.1 Å². The number of nitro benzene ring substituents is 2. The number of hydrogen-bond donors (Lipinski definition) is 0. The standard InChI is InChI=1S/C15H14N2O5/c18-16(19)9-2-1-8(13(5-9)17(20)21)7-22-14-6-12-10-3-4-11(10)15(12)14/h1-5,10-12,14-15H,6-7H2/t10-,11+,12-,14-,15-/m1/s1. The van der Waals surface area contributed by atoms with Crippen molar-refractivity contribution in [1.29, 1.82) is 0 Å². The average molecular weight is 302 g/mol. The molecular formula is C15H14N2O5. The van der Waals surface area contributed by atoms with Gasteiger partial charge in [-0.1, -0.05) is 12.2 Å². The summed E-state index contributed by atoms with van der Waals surface area (Å²) in [5.41, 5.74) is -0.139. The van der Waals surface area contributed by atoms with E-state index < -0.39 is 9.85 Å². The average Bonchev–Trinajstić information content (AvgIpc) is 2.46. The number of non-ortho nitro benzene ring substituents is 1. The zero-order valence-corrected chi connectivity index (χ0v) is 11.6. The first kappa shape index (κ1) is 13.4. The summed E-state index contributed by atoms with van der Waals surface area (Å²) in [6, 6.07) is 3.69. The molecule has 2 fully saturated rings. The van der Waals surface area contributed by atoms with Crippen molar-refractivity contribution in [2.45, 2.75) is 19.1 Å². The maximum absolute atomic E-state index is 11.1. The maximum Gasteiger partial charge on any atom is 0.281 e. The van der Waals surface area contributed by atoms with Gasteiger partial charge in [-0.15, -0.1) is 0 Å². The number of nitrogens with zero attached hydrogens (tertiary/aromatic N) is 2. The molecule has 0 aliphatic heterocycles. The third-order valence-electron chi connectivity index (χ3n) is 5.30. The van der Waals surface area contributed by atoms with Crippen LogP contribution in [-0.2, 0) is 11.3 Å². The Bertz CT molecular complexity index is 701. The lowest BCUT2D eigenvalue weighted by molar-refractivity contribution is -0.394. The third kappa shape index (κ3) is 1.78. The van der Waals surface area contributed by atoms with E-state index in [0.717, 1.165) is 24.3 Å². The number of fused-ring (bicyclic) bond motifs is 4. The number of allylic oxidation sites excluding steroid dienone is 2. The van der Waals surface area contributed by atoms with E-state index in [2.05, 4.69) is 12.2 Å². The van der Waals surface area contributed by atoms with Gasteiger partial charge in [0.25, 0.3) is 11.4 Å². The SMILES string of the molecule is O=[N+]([O-])c1ccc(CO[C@@H]2C[C@@H]3[C@@H]4C=C[C@@H]4[C@H]32)c([N+](=O)[O-])c1. The number of rotatable bonds is 5. The lowest BCUT2D eigenvalue weighted by atomic mass is 9.42. The first-order chi connectivity index (χ1) is 10.6. The molecule has 0 unspecified atom stereocenters. The van der Waals surface area contributed by atoms with E-state index in [1.54, 1.807) is 0 Å². The summed E-state index contributed by atoms with van der Waals surface area (Å²) in [4.78, 5) is 20.6. The van der Waals surface area contributed by atoms with Crippen LogP contribution in [0.25, 0.3) is 0 Å². The van der Waals surface area contributed by atoms with E-state index in [0.29, 0.717) is 17.4 Å². The molecule has 5 atom stereocenters. The molecule has 114 valence electrons. The second-order valence-electron chi connectivity index (χ2n) is 6.19. The molecule has 2 saturated carbocycles. The predicted octanol–water partition coefficient (Wildman–Crippen LogP) is 2.84. The van der Waals surface area contributed by atoms with Gasteiger partial charge >= 0.3 is 0 Å². The van der Waals surface area contributed by atoms with Crippen LogP contribution in [0.2, 0.25) is 0 Å². The van der Waals surface area contributed by atoms with Gasteiger partial charge in [0.05, 0.1) is 34.2 Å². The van der Waals surface area contributed by atoms with Gasteiger partial charge in [-0.2, -0.15) is 0 Å². The molecule has 0 radical (unpaired) electrons. The molecule has 0 spiro atoms. The second-order valence-corrected chi connectivity index (χ2v) is 6.19. The van der Waals surface area contributed by atoms with Crippen molar-refractivity contribution in [3.05, 3.63) is 56.1 Å². The van der Waals surface area contributed by atoms with Crippen LogP contribution < -0.4 is 0 Å². The van der Waals surface area contributed by atoms with Crippen molar-refractivity contribution >= 4 is 11.4 Å². The Hall–Kier alpha value is -2.28. The highest BCUT2D eigenvalue weighted by molar-refractivity contribution is 5.48. The van der Waals surface area contributed by atoms with Gasteiger partial charge in [0.15, 0.2) is 0 Å². The van der Waals surface area contributed by atoms with Crippen LogP contribution in [0.5, 0.6) is 0 Å². The number of hydrogen-bond acceptors (Lipinski definition) is 5. The minimum Gasteiger partial charge on any atom is -0.373 e. The molecule has 7 nitrogen and oxygen atoms in total. The smallest absolute Gasteiger partial charge is 0.281 e. The summed E-state index contributed by atoms with van der Waals surface area (Å²) in [5.74, 6) is 2.66. The second kappa shape index (κ2) is 4.61. The highest BCUT2D eigenvalue weighted by atomic mass is 16.6. The fourth-order valence-electron chi connectivity index (χ4n) is 3.98. The van der Waals surface area contributed by atoms with E-state index >= 15 is 0 Å². The molecule has 0 N–H and O–H groups in total. The highest BCUT2D eigenvalue weighted by Gasteiger charge is 2.62. The summed E-state index contributed by atoms with van der Waals surface area (Å²) >= 11 is 0. The topological polar surface area (TPSA) is 95.5 Å². The molecule has 0 amide bonds. The Morgan fingerprint density at radius 2 is 1.91 bits per heavy atom. The molecule has 3 aliphatic carbocycles. The Kier molecular flexibility index (Phi) is 2.80. The van der Waals surface area contributed by atoms with Gasteiger partial charge in [0, 0.05) is 6.07 Å². The van der Waals surface area contributed by atoms with E-state index in [9.17, 15) is 20.2 Å². The van der Waals surface area contributed by atoms with Crippen LogP contribution in [0, 0.1) is 43.9 Å². The van der Waals surface area contributed by atoms with Crippen molar-refractivity contribution < 1.29 is 14.6 Å². The Morgan fingerprint density at radius 3 is 2.50 bits per heavy atom. The third-order valence-corrected chi connectivity index (χ3v) is 5.30. The molecule has 0 bridgehead atoms. The Labute approximate surface area is 125 Å². The summed E-state index contributed by atoms with van der Waals surface area (Å²) in [5, 5.41) is 21.8. The summed E-state index contributed by atoms with van der Waals surface area (Å²) < 4.78 is 5.83. The van der Waals surface area contributed by atoms with Gasteiger partial charge in [-0.25, -0.2) is 0 Å². The van der Waals surface area contributed by atoms with Gasteiger partial charge in [0.1, 0.15) is 0 Å². The van der Waals surface area contributed by atoms with E-state index in [-0.39, 0.29) is 24.1 Å². The Balaban J connectivity index is 1.45. The van der Waals surface area contributed by atoms with Gasteiger partial charge < -0.3 is 4.74 Å². The molecule has 1 aromatic carbocycles. The zero-order chi connectivity index (χ0) is 15.4. The molecule has 3 aliphatic rings. The molecule has 22 heavy (non-hydrogen) atoms. The number of ether oxygens (including phenoxy) is 1. The van der Waals surface area contributed by atoms with Crippen molar-refractivity contribution in [3.63, 3.8) is 0 Å². The predicted molar refractivity (Wildman–Crippen MR) is 76.0 cm³/mol. The molecule has 0 aromatic heterocycles. The van der Waals surface area contributed by atoms with Gasteiger partial charge in [0.2, 0.25) is 0 Å².